The molecule has 0 radical (unpaired) electrons. The van der Waals surface area contributed by atoms with Crippen LogP contribution in [0.1, 0.15) is 18.5 Å². The molecular weight excluding hydrogens is 262 g/mol. The van der Waals surface area contributed by atoms with Crippen molar-refractivity contribution in [2.45, 2.75) is 25.4 Å². The first-order chi connectivity index (χ1) is 8.80. The van der Waals surface area contributed by atoms with Crippen molar-refractivity contribution in [1.82, 2.24) is 4.98 Å². The van der Waals surface area contributed by atoms with E-state index in [2.05, 4.69) is 4.98 Å². The number of nitriles is 2. The second-order valence-electron chi connectivity index (χ2n) is 4.05. The number of hydrogen-bond acceptors (Lipinski definition) is 3. The molecule has 1 aromatic heterocycles. The maximum atomic E-state index is 12.9. The first kappa shape index (κ1) is 14.9. The number of alkyl halides is 3. The van der Waals surface area contributed by atoms with Crippen LogP contribution in [-0.4, -0.2) is 11.2 Å². The van der Waals surface area contributed by atoms with Crippen LogP contribution in [0.2, 0.25) is 0 Å². The van der Waals surface area contributed by atoms with E-state index in [-0.39, 0.29) is 12.1 Å². The van der Waals surface area contributed by atoms with E-state index in [1.807, 2.05) is 0 Å². The molecule has 100 valence electrons. The topological polar surface area (TPSA) is 60.5 Å². The van der Waals surface area contributed by atoms with Crippen LogP contribution >= 0.6 is 0 Å². The van der Waals surface area contributed by atoms with E-state index in [0.29, 0.717) is 0 Å². The summed E-state index contributed by atoms with van der Waals surface area (Å²) in [5.74, 6) is -0.807. The molecule has 7 heteroatoms. The monoisotopic (exact) mass is 271 g/mol. The number of hydrogen-bond donors (Lipinski definition) is 0. The molecule has 0 amide bonds. The molecule has 0 aliphatic rings. The van der Waals surface area contributed by atoms with Crippen LogP contribution in [0.4, 0.5) is 17.6 Å². The van der Waals surface area contributed by atoms with Crippen molar-refractivity contribution in [3.63, 3.8) is 0 Å². The molecule has 0 unspecified atom stereocenters. The minimum Gasteiger partial charge on any atom is -0.225 e. The predicted molar refractivity (Wildman–Crippen MR) is 56.8 cm³/mol. The highest BCUT2D eigenvalue weighted by Crippen LogP contribution is 2.32. The van der Waals surface area contributed by atoms with Crippen molar-refractivity contribution in [2.24, 2.45) is 5.41 Å². The van der Waals surface area contributed by atoms with Crippen molar-refractivity contribution >= 4 is 0 Å². The predicted octanol–water partition coefficient (Wildman–Crippen LogP) is 3.14. The Labute approximate surface area is 107 Å². The standard InChI is InChI=1S/C12H9F4N3/c13-10-3-1-2-9(19-10)6-11(7-17,8-18)4-5-12(14,15)16/h1-3H,4-6H2. The van der Waals surface area contributed by atoms with Crippen LogP contribution in [0.3, 0.4) is 0 Å². The fourth-order valence-electron chi connectivity index (χ4n) is 1.52. The van der Waals surface area contributed by atoms with E-state index in [1.54, 1.807) is 12.1 Å². The Morgan fingerprint density at radius 2 is 1.74 bits per heavy atom. The highest BCUT2D eigenvalue weighted by molar-refractivity contribution is 5.20. The van der Waals surface area contributed by atoms with Crippen LogP contribution in [0.15, 0.2) is 18.2 Å². The summed E-state index contributed by atoms with van der Waals surface area (Å²) in [5.41, 5.74) is -1.78. The average molecular weight is 271 g/mol. The first-order valence-corrected chi connectivity index (χ1v) is 5.31. The Balaban J connectivity index is 2.89. The van der Waals surface area contributed by atoms with Crippen LogP contribution in [0.25, 0.3) is 0 Å². The number of nitrogens with zero attached hydrogens (tertiary/aromatic N) is 3. The summed E-state index contributed by atoms with van der Waals surface area (Å²) in [5, 5.41) is 17.9. The SMILES string of the molecule is N#CC(C#N)(CCC(F)(F)F)Cc1cccc(F)n1. The summed E-state index contributed by atoms with van der Waals surface area (Å²) in [6.45, 7) is 0. The highest BCUT2D eigenvalue weighted by atomic mass is 19.4. The second-order valence-corrected chi connectivity index (χ2v) is 4.05. The molecule has 1 heterocycles. The number of pyridine rings is 1. The van der Waals surface area contributed by atoms with E-state index in [4.69, 9.17) is 10.5 Å². The van der Waals surface area contributed by atoms with E-state index >= 15 is 0 Å². The quantitative estimate of drug-likeness (QED) is 0.624. The van der Waals surface area contributed by atoms with Gasteiger partial charge in [0.15, 0.2) is 0 Å². The van der Waals surface area contributed by atoms with Crippen LogP contribution in [-0.2, 0) is 6.42 Å². The van der Waals surface area contributed by atoms with E-state index < -0.39 is 30.4 Å². The zero-order valence-electron chi connectivity index (χ0n) is 9.71. The molecule has 0 fully saturated rings. The van der Waals surface area contributed by atoms with Gasteiger partial charge in [-0.3, -0.25) is 0 Å². The maximum absolute atomic E-state index is 12.9. The Hall–Kier alpha value is -2.15. The summed E-state index contributed by atoms with van der Waals surface area (Å²) in [4.78, 5) is 3.45. The van der Waals surface area contributed by atoms with Gasteiger partial charge >= 0.3 is 6.18 Å². The lowest BCUT2D eigenvalue weighted by Crippen LogP contribution is -2.23. The van der Waals surface area contributed by atoms with Crippen molar-refractivity contribution in [1.29, 1.82) is 10.5 Å². The van der Waals surface area contributed by atoms with Gasteiger partial charge in [0.05, 0.1) is 12.1 Å². The van der Waals surface area contributed by atoms with Gasteiger partial charge < -0.3 is 0 Å². The van der Waals surface area contributed by atoms with Crippen LogP contribution in [0, 0.1) is 34.0 Å². The highest BCUT2D eigenvalue weighted by Gasteiger charge is 2.37. The van der Waals surface area contributed by atoms with Gasteiger partial charge in [-0.2, -0.15) is 28.1 Å². The minimum absolute atomic E-state index is 0.0743. The van der Waals surface area contributed by atoms with Crippen molar-refractivity contribution < 1.29 is 17.6 Å². The summed E-state index contributed by atoms with van der Waals surface area (Å²) in [7, 11) is 0. The number of aromatic nitrogens is 1. The average Bonchev–Trinajstić information content (AvgIpc) is 2.34. The molecule has 0 N–H and O–H groups in total. The largest absolute Gasteiger partial charge is 0.389 e. The Kier molecular flexibility index (Phi) is 4.44. The fraction of sp³-hybridized carbons (Fsp3) is 0.417. The van der Waals surface area contributed by atoms with Crippen LogP contribution in [0.5, 0.6) is 0 Å². The van der Waals surface area contributed by atoms with Gasteiger partial charge in [0, 0.05) is 18.5 Å². The second kappa shape index (κ2) is 5.66. The Morgan fingerprint density at radius 1 is 1.11 bits per heavy atom. The molecule has 0 saturated carbocycles. The maximum Gasteiger partial charge on any atom is 0.389 e. The third-order valence-electron chi connectivity index (χ3n) is 2.52. The normalized spacial score (nSPS) is 11.7. The van der Waals surface area contributed by atoms with Gasteiger partial charge in [0.25, 0.3) is 0 Å². The summed E-state index contributed by atoms with van der Waals surface area (Å²) >= 11 is 0. The molecule has 0 atom stereocenters. The lowest BCUT2D eigenvalue weighted by molar-refractivity contribution is -0.138. The summed E-state index contributed by atoms with van der Waals surface area (Å²) < 4.78 is 49.4. The van der Waals surface area contributed by atoms with Gasteiger partial charge in [-0.25, -0.2) is 4.98 Å². The van der Waals surface area contributed by atoms with Crippen molar-refractivity contribution in [2.75, 3.05) is 0 Å². The number of halogens is 4. The van der Waals surface area contributed by atoms with Gasteiger partial charge in [-0.15, -0.1) is 0 Å². The summed E-state index contributed by atoms with van der Waals surface area (Å²) in [6.07, 6.45) is -6.70. The van der Waals surface area contributed by atoms with Gasteiger partial charge in [-0.05, 0) is 18.6 Å². The van der Waals surface area contributed by atoms with Crippen molar-refractivity contribution in [3.05, 3.63) is 29.8 Å². The molecule has 0 aliphatic carbocycles. The molecule has 0 saturated heterocycles. The van der Waals surface area contributed by atoms with Gasteiger partial charge in [0.1, 0.15) is 5.41 Å². The molecule has 3 nitrogen and oxygen atoms in total. The Morgan fingerprint density at radius 3 is 2.21 bits per heavy atom. The fourth-order valence-corrected chi connectivity index (χ4v) is 1.52. The van der Waals surface area contributed by atoms with E-state index in [0.717, 1.165) is 6.07 Å². The Bertz CT molecular complexity index is 511. The number of rotatable bonds is 4. The zero-order valence-corrected chi connectivity index (χ0v) is 9.71. The van der Waals surface area contributed by atoms with Gasteiger partial charge in [0.2, 0.25) is 5.95 Å². The van der Waals surface area contributed by atoms with E-state index in [1.165, 1.54) is 12.1 Å². The molecule has 0 bridgehead atoms. The van der Waals surface area contributed by atoms with E-state index in [9.17, 15) is 17.6 Å². The third-order valence-corrected chi connectivity index (χ3v) is 2.52. The molecule has 1 aromatic rings. The first-order valence-electron chi connectivity index (χ1n) is 5.31. The minimum atomic E-state index is -4.45. The molecule has 0 aromatic carbocycles. The molecule has 1 rings (SSSR count). The molecular formula is C12H9F4N3. The summed E-state index contributed by atoms with van der Waals surface area (Å²) in [6, 6.07) is 6.92. The molecule has 0 spiro atoms. The molecule has 19 heavy (non-hydrogen) atoms. The van der Waals surface area contributed by atoms with Crippen molar-refractivity contribution in [3.8, 4) is 12.1 Å². The molecule has 0 aliphatic heterocycles. The lowest BCUT2D eigenvalue weighted by Gasteiger charge is -2.18. The lowest BCUT2D eigenvalue weighted by atomic mass is 9.81. The zero-order chi connectivity index (χ0) is 14.5. The van der Waals surface area contributed by atoms with Crippen LogP contribution < -0.4 is 0 Å². The van der Waals surface area contributed by atoms with Gasteiger partial charge in [-0.1, -0.05) is 6.07 Å². The smallest absolute Gasteiger partial charge is 0.225 e. The third kappa shape index (κ3) is 4.55.